The van der Waals surface area contributed by atoms with E-state index in [4.69, 9.17) is 9.63 Å². The number of H-pyrrole nitrogens is 1. The van der Waals surface area contributed by atoms with E-state index in [2.05, 4.69) is 20.4 Å². The summed E-state index contributed by atoms with van der Waals surface area (Å²) >= 11 is 0. The summed E-state index contributed by atoms with van der Waals surface area (Å²) in [5.41, 5.74) is -0.0409. The topological polar surface area (TPSA) is 121 Å². The maximum Gasteiger partial charge on any atom is 0.353 e. The Bertz CT molecular complexity index is 699. The van der Waals surface area contributed by atoms with E-state index in [1.54, 1.807) is 13.0 Å². The number of aromatic carboxylic acids is 1. The largest absolute Gasteiger partial charge is 0.477 e. The van der Waals surface area contributed by atoms with Crippen molar-refractivity contribution < 1.29 is 19.2 Å². The average molecular weight is 290 g/mol. The third kappa shape index (κ3) is 2.28. The van der Waals surface area contributed by atoms with Crippen LogP contribution in [-0.2, 0) is 5.54 Å². The number of carbonyl (C=O) groups is 2. The van der Waals surface area contributed by atoms with E-state index in [9.17, 15) is 9.59 Å². The lowest BCUT2D eigenvalue weighted by atomic mass is 9.76. The zero-order valence-corrected chi connectivity index (χ0v) is 11.3. The molecule has 0 unspecified atom stereocenters. The van der Waals surface area contributed by atoms with Crippen LogP contribution in [0.5, 0.6) is 0 Å². The summed E-state index contributed by atoms with van der Waals surface area (Å²) in [6.07, 6.45) is 3.57. The van der Waals surface area contributed by atoms with Crippen LogP contribution in [0.4, 0.5) is 0 Å². The fraction of sp³-hybridized carbons (Fsp3) is 0.385. The quantitative estimate of drug-likeness (QED) is 0.778. The second kappa shape index (κ2) is 4.72. The summed E-state index contributed by atoms with van der Waals surface area (Å²) in [4.78, 5) is 29.9. The van der Waals surface area contributed by atoms with Crippen molar-refractivity contribution in [2.45, 2.75) is 31.7 Å². The summed E-state index contributed by atoms with van der Waals surface area (Å²) in [5.74, 6) is -0.886. The first-order valence-corrected chi connectivity index (χ1v) is 6.55. The Morgan fingerprint density at radius 2 is 2.24 bits per heavy atom. The number of hydrogen-bond donors (Lipinski definition) is 3. The Kier molecular flexibility index (Phi) is 3.00. The lowest BCUT2D eigenvalue weighted by molar-refractivity contribution is 0.0690. The van der Waals surface area contributed by atoms with E-state index in [1.807, 2.05) is 0 Å². The molecule has 8 nitrogen and oxygen atoms in total. The summed E-state index contributed by atoms with van der Waals surface area (Å²) in [6, 6.07) is 1.55. The first-order valence-electron chi connectivity index (χ1n) is 6.55. The maximum atomic E-state index is 12.2. The van der Waals surface area contributed by atoms with Crippen molar-refractivity contribution >= 4 is 11.9 Å². The van der Waals surface area contributed by atoms with Gasteiger partial charge in [-0.2, -0.15) is 0 Å². The van der Waals surface area contributed by atoms with E-state index in [-0.39, 0.29) is 17.4 Å². The molecule has 8 heteroatoms. The minimum atomic E-state index is -1.08. The Hall–Kier alpha value is -2.64. The predicted octanol–water partition coefficient (Wildman–Crippen LogP) is 1.21. The number of aryl methyl sites for hydroxylation is 1. The standard InChI is InChI=1S/C13H14N4O4/c1-7-5-9(21-17-7)10(18)16-13(3-2-4-13)12-14-6-8(15-12)11(19)20/h5-6H,2-4H2,1H3,(H,14,15)(H,16,18)(H,19,20). The van der Waals surface area contributed by atoms with E-state index in [1.165, 1.54) is 6.20 Å². The second-order valence-corrected chi connectivity index (χ2v) is 5.17. The number of imidazole rings is 1. The number of nitrogens with one attached hydrogen (secondary N) is 2. The van der Waals surface area contributed by atoms with Crippen molar-refractivity contribution in [3.05, 3.63) is 35.2 Å². The fourth-order valence-corrected chi connectivity index (χ4v) is 2.37. The third-order valence-electron chi connectivity index (χ3n) is 3.67. The van der Waals surface area contributed by atoms with Crippen LogP contribution < -0.4 is 5.32 Å². The van der Waals surface area contributed by atoms with Crippen molar-refractivity contribution in [3.8, 4) is 0 Å². The van der Waals surface area contributed by atoms with Crippen LogP contribution in [0, 0.1) is 6.92 Å². The van der Waals surface area contributed by atoms with E-state index >= 15 is 0 Å². The fourth-order valence-electron chi connectivity index (χ4n) is 2.37. The normalized spacial score (nSPS) is 16.2. The van der Waals surface area contributed by atoms with Crippen molar-refractivity contribution in [2.24, 2.45) is 0 Å². The molecule has 2 aromatic heterocycles. The molecular formula is C13H14N4O4. The molecule has 1 aliphatic carbocycles. The number of hydrogen-bond acceptors (Lipinski definition) is 5. The van der Waals surface area contributed by atoms with Gasteiger partial charge in [0.05, 0.1) is 17.4 Å². The molecule has 1 amide bonds. The Labute approximate surface area is 119 Å². The molecule has 0 saturated heterocycles. The smallest absolute Gasteiger partial charge is 0.353 e. The number of amides is 1. The van der Waals surface area contributed by atoms with Gasteiger partial charge in [0.2, 0.25) is 5.76 Å². The highest BCUT2D eigenvalue weighted by molar-refractivity contribution is 5.92. The van der Waals surface area contributed by atoms with Gasteiger partial charge in [-0.3, -0.25) is 4.79 Å². The number of carboxylic acid groups (broad SMARTS) is 1. The van der Waals surface area contributed by atoms with E-state index < -0.39 is 11.5 Å². The van der Waals surface area contributed by atoms with Gasteiger partial charge in [0.15, 0.2) is 0 Å². The molecule has 21 heavy (non-hydrogen) atoms. The monoisotopic (exact) mass is 290 g/mol. The molecule has 3 N–H and O–H groups in total. The van der Waals surface area contributed by atoms with E-state index in [0.29, 0.717) is 24.4 Å². The molecule has 1 saturated carbocycles. The SMILES string of the molecule is Cc1cc(C(=O)NC2(c3ncc(C(=O)O)[nH]3)CCC2)on1. The number of nitrogens with zero attached hydrogens (tertiary/aromatic N) is 2. The average Bonchev–Trinajstić information content (AvgIpc) is 3.02. The predicted molar refractivity (Wildman–Crippen MR) is 69.8 cm³/mol. The number of aromatic nitrogens is 3. The molecule has 1 aliphatic rings. The van der Waals surface area contributed by atoms with Crippen LogP contribution in [0.25, 0.3) is 0 Å². The Morgan fingerprint density at radius 3 is 2.71 bits per heavy atom. The van der Waals surface area contributed by atoms with Crippen molar-refractivity contribution in [3.63, 3.8) is 0 Å². The molecule has 0 spiro atoms. The van der Waals surface area contributed by atoms with Gasteiger partial charge in [-0.1, -0.05) is 5.16 Å². The number of aromatic amines is 1. The van der Waals surface area contributed by atoms with Crippen molar-refractivity contribution in [2.75, 3.05) is 0 Å². The minimum absolute atomic E-state index is 0.000957. The molecule has 1 fully saturated rings. The highest BCUT2D eigenvalue weighted by Crippen LogP contribution is 2.40. The van der Waals surface area contributed by atoms with Crippen molar-refractivity contribution in [1.82, 2.24) is 20.4 Å². The molecule has 2 heterocycles. The summed E-state index contributed by atoms with van der Waals surface area (Å²) < 4.78 is 4.93. The summed E-state index contributed by atoms with van der Waals surface area (Å²) in [6.45, 7) is 1.73. The zero-order valence-electron chi connectivity index (χ0n) is 11.3. The molecule has 0 bridgehead atoms. The molecule has 0 radical (unpaired) electrons. The molecule has 0 atom stereocenters. The highest BCUT2D eigenvalue weighted by Gasteiger charge is 2.43. The zero-order chi connectivity index (χ0) is 15.0. The van der Waals surface area contributed by atoms with Crippen LogP contribution in [0.3, 0.4) is 0 Å². The summed E-state index contributed by atoms with van der Waals surface area (Å²) in [5, 5.41) is 15.5. The van der Waals surface area contributed by atoms with Gasteiger partial charge < -0.3 is 19.9 Å². The second-order valence-electron chi connectivity index (χ2n) is 5.17. The van der Waals surface area contributed by atoms with Gasteiger partial charge >= 0.3 is 5.97 Å². The molecule has 2 aromatic rings. The van der Waals surface area contributed by atoms with Crippen LogP contribution in [-0.4, -0.2) is 32.1 Å². The Balaban J connectivity index is 1.83. The lowest BCUT2D eigenvalue weighted by Crippen LogP contribution is -2.51. The number of carbonyl (C=O) groups excluding carboxylic acids is 1. The van der Waals surface area contributed by atoms with E-state index in [0.717, 1.165) is 6.42 Å². The molecule has 0 aromatic carbocycles. The molecular weight excluding hydrogens is 276 g/mol. The van der Waals surface area contributed by atoms with Crippen LogP contribution in [0.15, 0.2) is 16.8 Å². The van der Waals surface area contributed by atoms with Gasteiger partial charge in [-0.15, -0.1) is 0 Å². The molecule has 0 aliphatic heterocycles. The molecule has 3 rings (SSSR count). The number of carboxylic acids is 1. The van der Waals surface area contributed by atoms with Gasteiger partial charge in [-0.25, -0.2) is 9.78 Å². The van der Waals surface area contributed by atoms with Gasteiger partial charge in [-0.05, 0) is 26.2 Å². The van der Waals surface area contributed by atoms with Gasteiger partial charge in [0.1, 0.15) is 11.5 Å². The van der Waals surface area contributed by atoms with Crippen LogP contribution in [0.2, 0.25) is 0 Å². The van der Waals surface area contributed by atoms with Gasteiger partial charge in [0, 0.05) is 6.07 Å². The first-order chi connectivity index (χ1) is 10.00. The van der Waals surface area contributed by atoms with Crippen LogP contribution >= 0.6 is 0 Å². The lowest BCUT2D eigenvalue weighted by Gasteiger charge is -2.40. The maximum absolute atomic E-state index is 12.2. The third-order valence-corrected chi connectivity index (χ3v) is 3.67. The van der Waals surface area contributed by atoms with Gasteiger partial charge in [0.25, 0.3) is 5.91 Å². The first kappa shape index (κ1) is 13.3. The summed E-state index contributed by atoms with van der Waals surface area (Å²) in [7, 11) is 0. The highest BCUT2D eigenvalue weighted by atomic mass is 16.5. The number of rotatable bonds is 4. The Morgan fingerprint density at radius 1 is 1.48 bits per heavy atom. The van der Waals surface area contributed by atoms with Crippen molar-refractivity contribution in [1.29, 1.82) is 0 Å². The minimum Gasteiger partial charge on any atom is -0.477 e. The van der Waals surface area contributed by atoms with Crippen LogP contribution in [0.1, 0.15) is 51.8 Å². The molecule has 110 valence electrons.